The number of hydrogen-bond acceptors (Lipinski definition) is 4. The molecule has 10 heteroatoms. The van der Waals surface area contributed by atoms with E-state index in [1.807, 2.05) is 6.07 Å². The Hall–Kier alpha value is -1.12. The number of sulfonamides is 1. The van der Waals surface area contributed by atoms with Crippen LogP contribution in [0.5, 0.6) is 0 Å². The van der Waals surface area contributed by atoms with Crippen LogP contribution in [0.25, 0.3) is 0 Å². The highest BCUT2D eigenvalue weighted by molar-refractivity contribution is 7.98. The summed E-state index contributed by atoms with van der Waals surface area (Å²) in [4.78, 5) is 12.7. The molecule has 0 heterocycles. The van der Waals surface area contributed by atoms with Crippen molar-refractivity contribution in [1.82, 2.24) is 5.32 Å². The third kappa shape index (κ3) is 7.24. The molecule has 0 bridgehead atoms. The van der Waals surface area contributed by atoms with Gasteiger partial charge in [-0.1, -0.05) is 47.8 Å². The lowest BCUT2D eigenvalue weighted by Gasteiger charge is -2.30. The molecule has 164 valence electrons. The Morgan fingerprint density at radius 2 is 1.73 bits per heavy atom. The molecule has 2 aromatic carbocycles. The van der Waals surface area contributed by atoms with Crippen molar-refractivity contribution in [3.63, 3.8) is 0 Å². The lowest BCUT2D eigenvalue weighted by atomic mass is 10.2. The Labute approximate surface area is 197 Å². The van der Waals surface area contributed by atoms with E-state index >= 15 is 0 Å². The number of nitrogens with zero attached hydrogens (tertiary/aromatic N) is 1. The first-order valence-electron chi connectivity index (χ1n) is 9.17. The van der Waals surface area contributed by atoms with Crippen molar-refractivity contribution in [2.24, 2.45) is 0 Å². The number of halogens is 3. The molecule has 1 unspecified atom stereocenters. The highest BCUT2D eigenvalue weighted by atomic mass is 35.5. The molecule has 1 N–H and O–H groups in total. The van der Waals surface area contributed by atoms with Crippen molar-refractivity contribution in [3.05, 3.63) is 63.1 Å². The maximum atomic E-state index is 12.7. The van der Waals surface area contributed by atoms with Gasteiger partial charge < -0.3 is 5.32 Å². The van der Waals surface area contributed by atoms with Gasteiger partial charge in [-0.15, -0.1) is 0 Å². The Kier molecular flexibility index (Phi) is 9.63. The molecule has 1 atom stereocenters. The second kappa shape index (κ2) is 11.5. The van der Waals surface area contributed by atoms with Gasteiger partial charge in [-0.05, 0) is 48.4 Å². The van der Waals surface area contributed by atoms with Crippen LogP contribution >= 0.6 is 46.6 Å². The van der Waals surface area contributed by atoms with Gasteiger partial charge in [-0.3, -0.25) is 9.10 Å². The van der Waals surface area contributed by atoms with Gasteiger partial charge in [0.2, 0.25) is 15.9 Å². The Bertz CT molecular complexity index is 970. The summed E-state index contributed by atoms with van der Waals surface area (Å²) < 4.78 is 25.9. The predicted molar refractivity (Wildman–Crippen MR) is 128 cm³/mol. The molecule has 0 saturated carbocycles. The SMILES string of the molecule is CCC(C(=O)NCCSCc1ccc(Cl)cc1Cl)N(c1ccc(Cl)cc1)S(C)(=O)=O. The van der Waals surface area contributed by atoms with Crippen LogP contribution in [-0.4, -0.2) is 38.9 Å². The fourth-order valence-corrected chi connectivity index (χ4v) is 5.59. The summed E-state index contributed by atoms with van der Waals surface area (Å²) >= 11 is 19.6. The van der Waals surface area contributed by atoms with Gasteiger partial charge in [0.05, 0.1) is 11.9 Å². The lowest BCUT2D eigenvalue weighted by Crippen LogP contribution is -2.49. The van der Waals surface area contributed by atoms with Crippen molar-refractivity contribution in [1.29, 1.82) is 0 Å². The third-order valence-electron chi connectivity index (χ3n) is 4.23. The number of rotatable bonds is 10. The zero-order valence-electron chi connectivity index (χ0n) is 16.6. The summed E-state index contributed by atoms with van der Waals surface area (Å²) in [5, 5.41) is 4.51. The molecule has 0 aliphatic heterocycles. The zero-order valence-corrected chi connectivity index (χ0v) is 20.5. The average Bonchev–Trinajstić information content (AvgIpc) is 2.67. The minimum absolute atomic E-state index is 0.328. The molecule has 0 fully saturated rings. The van der Waals surface area contributed by atoms with Crippen molar-refractivity contribution in [2.75, 3.05) is 22.9 Å². The highest BCUT2D eigenvalue weighted by Gasteiger charge is 2.31. The van der Waals surface area contributed by atoms with Crippen LogP contribution in [0, 0.1) is 0 Å². The Balaban J connectivity index is 1.96. The quantitative estimate of drug-likeness (QED) is 0.445. The van der Waals surface area contributed by atoms with E-state index in [0.717, 1.165) is 16.1 Å². The van der Waals surface area contributed by atoms with E-state index in [1.165, 1.54) is 0 Å². The number of nitrogens with one attached hydrogen (secondary N) is 1. The molecule has 0 aromatic heterocycles. The van der Waals surface area contributed by atoms with E-state index in [9.17, 15) is 13.2 Å². The van der Waals surface area contributed by atoms with Crippen LogP contribution in [0.15, 0.2) is 42.5 Å². The molecule has 0 saturated heterocycles. The molecule has 5 nitrogen and oxygen atoms in total. The number of hydrogen-bond donors (Lipinski definition) is 1. The summed E-state index contributed by atoms with van der Waals surface area (Å²) in [6, 6.07) is 10.9. The summed E-state index contributed by atoms with van der Waals surface area (Å²) in [6.45, 7) is 2.18. The van der Waals surface area contributed by atoms with Crippen LogP contribution in [0.1, 0.15) is 18.9 Å². The first kappa shape index (κ1) is 25.1. The molecule has 0 radical (unpaired) electrons. The van der Waals surface area contributed by atoms with Crippen molar-refractivity contribution < 1.29 is 13.2 Å². The summed E-state index contributed by atoms with van der Waals surface area (Å²) in [6.07, 6.45) is 1.41. The Morgan fingerprint density at radius 1 is 1.10 bits per heavy atom. The monoisotopic (exact) mass is 508 g/mol. The summed E-state index contributed by atoms with van der Waals surface area (Å²) in [7, 11) is -3.67. The molecule has 2 aromatic rings. The summed E-state index contributed by atoms with van der Waals surface area (Å²) in [5.74, 6) is 0.993. The van der Waals surface area contributed by atoms with E-state index < -0.39 is 16.1 Å². The van der Waals surface area contributed by atoms with Crippen LogP contribution in [0.2, 0.25) is 15.1 Å². The lowest BCUT2D eigenvalue weighted by molar-refractivity contribution is -0.122. The van der Waals surface area contributed by atoms with Gasteiger partial charge in [-0.25, -0.2) is 8.42 Å². The fraction of sp³-hybridized carbons (Fsp3) is 0.350. The van der Waals surface area contributed by atoms with Crippen LogP contribution in [0.4, 0.5) is 5.69 Å². The number of benzene rings is 2. The predicted octanol–water partition coefficient (Wildman–Crippen LogP) is 5.24. The standard InChI is InChI=1S/C20H23Cl3N2O3S2/c1-3-19(25(30(2,27)28)17-8-6-15(21)7-9-17)20(26)24-10-11-29-13-14-4-5-16(22)12-18(14)23/h4-9,12,19H,3,10-11,13H2,1-2H3,(H,24,26). The Morgan fingerprint density at radius 3 is 2.30 bits per heavy atom. The number of carbonyl (C=O) groups excluding carboxylic acids is 1. The maximum Gasteiger partial charge on any atom is 0.243 e. The van der Waals surface area contributed by atoms with Gasteiger partial charge in [0.25, 0.3) is 0 Å². The van der Waals surface area contributed by atoms with Crippen molar-refractivity contribution in [2.45, 2.75) is 25.1 Å². The first-order valence-corrected chi connectivity index (χ1v) is 13.3. The topological polar surface area (TPSA) is 66.5 Å². The van der Waals surface area contributed by atoms with E-state index in [-0.39, 0.29) is 5.91 Å². The minimum Gasteiger partial charge on any atom is -0.353 e. The van der Waals surface area contributed by atoms with Crippen LogP contribution in [-0.2, 0) is 20.6 Å². The molecular weight excluding hydrogens is 487 g/mol. The van der Waals surface area contributed by atoms with Crippen LogP contribution < -0.4 is 9.62 Å². The highest BCUT2D eigenvalue weighted by Crippen LogP contribution is 2.25. The number of carbonyl (C=O) groups is 1. The van der Waals surface area contributed by atoms with Gasteiger partial charge in [0.15, 0.2) is 0 Å². The molecule has 30 heavy (non-hydrogen) atoms. The molecular formula is C20H23Cl3N2O3S2. The largest absolute Gasteiger partial charge is 0.353 e. The maximum absolute atomic E-state index is 12.7. The second-order valence-electron chi connectivity index (χ2n) is 6.54. The van der Waals surface area contributed by atoms with E-state index in [2.05, 4.69) is 5.32 Å². The zero-order chi connectivity index (χ0) is 22.3. The third-order valence-corrected chi connectivity index (χ3v) is 7.26. The molecule has 0 aliphatic rings. The van der Waals surface area contributed by atoms with E-state index in [4.69, 9.17) is 34.8 Å². The fourth-order valence-electron chi connectivity index (χ4n) is 2.83. The minimum atomic E-state index is -3.67. The summed E-state index contributed by atoms with van der Waals surface area (Å²) in [5.41, 5.74) is 1.37. The van der Waals surface area contributed by atoms with E-state index in [1.54, 1.807) is 55.1 Å². The normalized spacial score (nSPS) is 12.4. The number of anilines is 1. The average molecular weight is 510 g/mol. The van der Waals surface area contributed by atoms with Gasteiger partial charge >= 0.3 is 0 Å². The first-order chi connectivity index (χ1) is 14.1. The number of thioether (sulfide) groups is 1. The van der Waals surface area contributed by atoms with Gasteiger partial charge in [0, 0.05) is 33.1 Å². The van der Waals surface area contributed by atoms with Crippen molar-refractivity contribution in [3.8, 4) is 0 Å². The smallest absolute Gasteiger partial charge is 0.243 e. The number of amides is 1. The van der Waals surface area contributed by atoms with Gasteiger partial charge in [0.1, 0.15) is 6.04 Å². The van der Waals surface area contributed by atoms with Crippen molar-refractivity contribution >= 4 is 68.2 Å². The van der Waals surface area contributed by atoms with Crippen LogP contribution in [0.3, 0.4) is 0 Å². The second-order valence-corrected chi connectivity index (χ2v) is 10.8. The molecule has 0 spiro atoms. The molecule has 2 rings (SSSR count). The van der Waals surface area contributed by atoms with Gasteiger partial charge in [-0.2, -0.15) is 11.8 Å². The molecule has 0 aliphatic carbocycles. The van der Waals surface area contributed by atoms with E-state index in [0.29, 0.717) is 45.2 Å². The molecule has 1 amide bonds.